The Bertz CT molecular complexity index is 1080. The van der Waals surface area contributed by atoms with Crippen molar-refractivity contribution in [3.8, 4) is 0 Å². The van der Waals surface area contributed by atoms with Crippen molar-refractivity contribution in [3.05, 3.63) is 12.2 Å². The van der Waals surface area contributed by atoms with Crippen LogP contribution in [-0.4, -0.2) is 47.4 Å². The second-order valence-corrected chi connectivity index (χ2v) is 22.8. The zero-order valence-corrected chi connectivity index (χ0v) is 48.9. The van der Waals surface area contributed by atoms with Gasteiger partial charge in [0.25, 0.3) is 0 Å². The Morgan fingerprint density at radius 3 is 0.986 bits per heavy atom. The van der Waals surface area contributed by atoms with Crippen LogP contribution < -0.4 is 5.32 Å². The van der Waals surface area contributed by atoms with E-state index in [1.165, 1.54) is 295 Å². The van der Waals surface area contributed by atoms with Gasteiger partial charge in [0.05, 0.1) is 25.4 Å². The number of hydrogen-bond donors (Lipinski definition) is 3. The molecule has 0 rings (SSSR count). The number of carbonyl (C=O) groups excluding carboxylic acids is 2. The van der Waals surface area contributed by atoms with E-state index in [0.29, 0.717) is 25.9 Å². The molecular formula is C66H129NO5. The average Bonchev–Trinajstić information content (AvgIpc) is 3.38. The van der Waals surface area contributed by atoms with Gasteiger partial charge in [-0.1, -0.05) is 321 Å². The molecule has 0 radical (unpaired) electrons. The van der Waals surface area contributed by atoms with Gasteiger partial charge in [0.15, 0.2) is 0 Å². The molecule has 6 nitrogen and oxygen atoms in total. The van der Waals surface area contributed by atoms with Gasteiger partial charge < -0.3 is 20.3 Å². The van der Waals surface area contributed by atoms with Crippen LogP contribution in [0, 0.1) is 0 Å². The first-order chi connectivity index (χ1) is 35.5. The molecule has 2 unspecified atom stereocenters. The molecule has 2 atom stereocenters. The molecule has 0 aliphatic carbocycles. The Morgan fingerprint density at radius 1 is 0.375 bits per heavy atom. The molecule has 0 aromatic rings. The summed E-state index contributed by atoms with van der Waals surface area (Å²) in [6.45, 7) is 4.98. The van der Waals surface area contributed by atoms with Gasteiger partial charge in [0.1, 0.15) is 0 Å². The number of aliphatic hydroxyl groups excluding tert-OH is 2. The summed E-state index contributed by atoms with van der Waals surface area (Å²) in [5.41, 5.74) is 0. The summed E-state index contributed by atoms with van der Waals surface area (Å²) in [7, 11) is 0. The van der Waals surface area contributed by atoms with E-state index in [9.17, 15) is 19.8 Å². The number of carbonyl (C=O) groups is 2. The molecule has 0 aliphatic rings. The zero-order valence-electron chi connectivity index (χ0n) is 48.9. The summed E-state index contributed by atoms with van der Waals surface area (Å²) in [5, 5.41) is 23.4. The Balaban J connectivity index is 3.39. The second kappa shape index (κ2) is 62.1. The van der Waals surface area contributed by atoms with Gasteiger partial charge >= 0.3 is 5.97 Å². The van der Waals surface area contributed by atoms with Gasteiger partial charge in [-0.25, -0.2) is 0 Å². The van der Waals surface area contributed by atoms with E-state index in [1.54, 1.807) is 0 Å². The lowest BCUT2D eigenvalue weighted by Gasteiger charge is -2.22. The summed E-state index contributed by atoms with van der Waals surface area (Å²) in [6.07, 6.45) is 75.1. The van der Waals surface area contributed by atoms with Crippen molar-refractivity contribution < 1.29 is 24.5 Å². The van der Waals surface area contributed by atoms with Crippen LogP contribution in [0.5, 0.6) is 0 Å². The van der Waals surface area contributed by atoms with Crippen molar-refractivity contribution in [1.82, 2.24) is 5.32 Å². The van der Waals surface area contributed by atoms with Crippen LogP contribution in [0.1, 0.15) is 373 Å². The highest BCUT2D eigenvalue weighted by atomic mass is 16.5. The maximum absolute atomic E-state index is 12.5. The third kappa shape index (κ3) is 57.9. The number of allylic oxidation sites excluding steroid dienone is 2. The highest BCUT2D eigenvalue weighted by Gasteiger charge is 2.20. The van der Waals surface area contributed by atoms with E-state index in [2.05, 4.69) is 31.3 Å². The number of amides is 1. The Hall–Kier alpha value is -1.40. The summed E-state index contributed by atoms with van der Waals surface area (Å²) in [5.74, 6) is -0.0294. The standard InChI is InChI=1S/C66H129NO5/c1-3-5-7-9-11-13-15-17-19-21-23-26-30-34-38-42-46-50-54-58-64(69)63(62-68)67-65(70)59-55-51-47-43-39-35-31-27-24-25-29-33-37-41-45-49-53-57-61-72-66(71)60-56-52-48-44-40-36-32-28-22-20-18-16-14-12-10-8-6-4-2/h20,22,63-64,68-69H,3-19,21,23-62H2,1-2H3,(H,67,70)/b22-20-. The number of nitrogens with one attached hydrogen (secondary N) is 1. The van der Waals surface area contributed by atoms with Gasteiger partial charge in [0.2, 0.25) is 5.91 Å². The highest BCUT2D eigenvalue weighted by Crippen LogP contribution is 2.18. The van der Waals surface area contributed by atoms with Crippen LogP contribution in [0.15, 0.2) is 12.2 Å². The van der Waals surface area contributed by atoms with E-state index in [-0.39, 0.29) is 18.5 Å². The number of rotatable bonds is 62. The van der Waals surface area contributed by atoms with Crippen LogP contribution in [0.2, 0.25) is 0 Å². The van der Waals surface area contributed by atoms with Crippen molar-refractivity contribution in [3.63, 3.8) is 0 Å². The first-order valence-corrected chi connectivity index (χ1v) is 32.9. The molecule has 0 aliphatic heterocycles. The van der Waals surface area contributed by atoms with Crippen molar-refractivity contribution >= 4 is 11.9 Å². The quantitative estimate of drug-likeness (QED) is 0.0320. The molecule has 6 heteroatoms. The number of aliphatic hydroxyl groups is 2. The van der Waals surface area contributed by atoms with E-state index >= 15 is 0 Å². The molecule has 1 amide bonds. The zero-order chi connectivity index (χ0) is 52.2. The lowest BCUT2D eigenvalue weighted by Crippen LogP contribution is -2.45. The summed E-state index contributed by atoms with van der Waals surface area (Å²) in [6, 6.07) is -0.545. The molecule has 0 heterocycles. The van der Waals surface area contributed by atoms with Gasteiger partial charge in [-0.3, -0.25) is 9.59 Å². The Morgan fingerprint density at radius 2 is 0.653 bits per heavy atom. The molecule has 72 heavy (non-hydrogen) atoms. The normalized spacial score (nSPS) is 12.6. The molecule has 3 N–H and O–H groups in total. The van der Waals surface area contributed by atoms with Gasteiger partial charge in [0, 0.05) is 12.8 Å². The first-order valence-electron chi connectivity index (χ1n) is 32.9. The van der Waals surface area contributed by atoms with Crippen molar-refractivity contribution in [2.75, 3.05) is 13.2 Å². The summed E-state index contributed by atoms with van der Waals surface area (Å²) < 4.78 is 5.50. The van der Waals surface area contributed by atoms with Gasteiger partial charge in [-0.15, -0.1) is 0 Å². The van der Waals surface area contributed by atoms with Crippen molar-refractivity contribution in [2.45, 2.75) is 386 Å². The minimum absolute atomic E-state index is 0.00565. The van der Waals surface area contributed by atoms with Gasteiger partial charge in [-0.2, -0.15) is 0 Å². The maximum atomic E-state index is 12.5. The highest BCUT2D eigenvalue weighted by molar-refractivity contribution is 5.76. The minimum atomic E-state index is -0.667. The van der Waals surface area contributed by atoms with Crippen molar-refractivity contribution in [1.29, 1.82) is 0 Å². The third-order valence-corrected chi connectivity index (χ3v) is 15.6. The van der Waals surface area contributed by atoms with Crippen LogP contribution >= 0.6 is 0 Å². The summed E-state index contributed by atoms with van der Waals surface area (Å²) >= 11 is 0. The summed E-state index contributed by atoms with van der Waals surface area (Å²) in [4.78, 5) is 24.6. The predicted octanol–water partition coefficient (Wildman–Crippen LogP) is 20.8. The van der Waals surface area contributed by atoms with Gasteiger partial charge in [-0.05, 0) is 51.4 Å². The molecule has 0 aromatic carbocycles. The molecule has 0 saturated heterocycles. The number of esters is 1. The number of hydrogen-bond acceptors (Lipinski definition) is 5. The SMILES string of the molecule is CCCCCCCCC/C=C\CCCCCCCCCC(=O)OCCCCCCCCCCCCCCCCCCCCC(=O)NC(CO)C(O)CCCCCCCCCCCCCCCCCCCCC. The fourth-order valence-corrected chi connectivity index (χ4v) is 10.5. The number of unbranched alkanes of at least 4 members (excludes halogenated alkanes) is 49. The Kier molecular flexibility index (Phi) is 60.9. The largest absolute Gasteiger partial charge is 0.466 e. The molecule has 0 spiro atoms. The van der Waals surface area contributed by atoms with E-state index < -0.39 is 12.1 Å². The second-order valence-electron chi connectivity index (χ2n) is 22.8. The van der Waals surface area contributed by atoms with Crippen LogP contribution in [0.4, 0.5) is 0 Å². The topological polar surface area (TPSA) is 95.9 Å². The molecule has 0 fully saturated rings. The fraction of sp³-hybridized carbons (Fsp3) is 0.939. The predicted molar refractivity (Wildman–Crippen MR) is 315 cm³/mol. The maximum Gasteiger partial charge on any atom is 0.305 e. The monoisotopic (exact) mass is 1020 g/mol. The smallest absolute Gasteiger partial charge is 0.305 e. The van der Waals surface area contributed by atoms with Crippen LogP contribution in [0.3, 0.4) is 0 Å². The molecular weight excluding hydrogens is 887 g/mol. The lowest BCUT2D eigenvalue weighted by atomic mass is 10.0. The molecule has 0 saturated carbocycles. The van der Waals surface area contributed by atoms with E-state index in [4.69, 9.17) is 4.74 Å². The van der Waals surface area contributed by atoms with E-state index in [1.807, 2.05) is 0 Å². The first kappa shape index (κ1) is 70.6. The van der Waals surface area contributed by atoms with Crippen molar-refractivity contribution in [2.24, 2.45) is 0 Å². The fourth-order valence-electron chi connectivity index (χ4n) is 10.5. The molecule has 0 aromatic heterocycles. The molecule has 428 valence electrons. The Labute approximate surface area is 450 Å². The average molecular weight is 1020 g/mol. The van der Waals surface area contributed by atoms with E-state index in [0.717, 1.165) is 44.9 Å². The minimum Gasteiger partial charge on any atom is -0.466 e. The molecule has 0 bridgehead atoms. The third-order valence-electron chi connectivity index (χ3n) is 15.6. The number of ether oxygens (including phenoxy) is 1. The van der Waals surface area contributed by atoms with Crippen LogP contribution in [0.25, 0.3) is 0 Å². The lowest BCUT2D eigenvalue weighted by molar-refractivity contribution is -0.143. The van der Waals surface area contributed by atoms with Crippen LogP contribution in [-0.2, 0) is 14.3 Å².